The molecule has 2 aromatic carbocycles. The molecule has 0 saturated heterocycles. The van der Waals surface area contributed by atoms with Crippen LogP contribution in [0.15, 0.2) is 51.9 Å². The van der Waals surface area contributed by atoms with E-state index >= 15 is 0 Å². The minimum absolute atomic E-state index is 0.143. The number of nitrogens with one attached hydrogen (secondary N) is 1. The zero-order chi connectivity index (χ0) is 17.3. The Morgan fingerprint density at radius 1 is 1.08 bits per heavy atom. The molecule has 4 heteroatoms. The molecule has 2 nitrogen and oxygen atoms in total. The fraction of sp³-hybridized carbons (Fsp3) is 0.381. The summed E-state index contributed by atoms with van der Waals surface area (Å²) in [7, 11) is 0. The van der Waals surface area contributed by atoms with Gasteiger partial charge in [0.05, 0.1) is 11.0 Å². The van der Waals surface area contributed by atoms with Crippen LogP contribution in [0.4, 0.5) is 10.1 Å². The van der Waals surface area contributed by atoms with E-state index in [0.29, 0.717) is 11.0 Å². The van der Waals surface area contributed by atoms with Gasteiger partial charge < -0.3 is 5.32 Å². The van der Waals surface area contributed by atoms with Gasteiger partial charge in [-0.25, -0.2) is 4.39 Å². The maximum atomic E-state index is 13.4. The number of amidine groups is 1. The van der Waals surface area contributed by atoms with Gasteiger partial charge >= 0.3 is 0 Å². The summed E-state index contributed by atoms with van der Waals surface area (Å²) in [4.78, 5) is 4.96. The van der Waals surface area contributed by atoms with Gasteiger partial charge in [-0.15, -0.1) is 0 Å². The van der Waals surface area contributed by atoms with E-state index in [1.165, 1.54) is 49.4 Å². The van der Waals surface area contributed by atoms with E-state index in [-0.39, 0.29) is 11.2 Å². The molecular weight excluding hydrogens is 379 g/mol. The number of aliphatic imine (C=N–C) groups is 1. The normalized spacial score (nSPS) is 20.3. The summed E-state index contributed by atoms with van der Waals surface area (Å²) in [6.07, 6.45) is 7.32. The summed E-state index contributed by atoms with van der Waals surface area (Å²) < 4.78 is 13.9. The summed E-state index contributed by atoms with van der Waals surface area (Å²) in [6.45, 7) is 0.575. The van der Waals surface area contributed by atoms with Crippen molar-refractivity contribution in [1.29, 1.82) is 0 Å². The summed E-state index contributed by atoms with van der Waals surface area (Å²) >= 11 is 3.26. The van der Waals surface area contributed by atoms with Crippen molar-refractivity contribution < 1.29 is 4.39 Å². The Hall–Kier alpha value is -1.68. The molecule has 2 aliphatic rings. The van der Waals surface area contributed by atoms with Crippen LogP contribution in [-0.2, 0) is 13.0 Å². The van der Waals surface area contributed by atoms with E-state index in [1.807, 2.05) is 12.1 Å². The van der Waals surface area contributed by atoms with E-state index in [1.54, 1.807) is 0 Å². The molecular formula is C21H22BrFN2. The maximum absolute atomic E-state index is 13.4. The lowest BCUT2D eigenvalue weighted by atomic mass is 9.67. The molecule has 130 valence electrons. The number of para-hydroxylation sites is 1. The van der Waals surface area contributed by atoms with Crippen LogP contribution in [0, 0.1) is 11.2 Å². The van der Waals surface area contributed by atoms with Gasteiger partial charge in [-0.05, 0) is 64.5 Å². The number of hydrogen-bond acceptors (Lipinski definition) is 1. The minimum Gasteiger partial charge on any atom is -0.343 e. The molecule has 0 bridgehead atoms. The Kier molecular flexibility index (Phi) is 4.63. The molecule has 1 saturated carbocycles. The van der Waals surface area contributed by atoms with Crippen LogP contribution in [0.1, 0.15) is 43.2 Å². The van der Waals surface area contributed by atoms with Gasteiger partial charge in [-0.2, -0.15) is 0 Å². The number of rotatable bonds is 2. The second-order valence-corrected chi connectivity index (χ2v) is 8.07. The third kappa shape index (κ3) is 3.37. The highest BCUT2D eigenvalue weighted by molar-refractivity contribution is 9.10. The SMILES string of the molecule is Fc1ccc(CN=C2Nc3ccccc3CC23CCCCC3)cc1Br. The Morgan fingerprint density at radius 2 is 1.88 bits per heavy atom. The highest BCUT2D eigenvalue weighted by Crippen LogP contribution is 2.45. The zero-order valence-electron chi connectivity index (χ0n) is 14.2. The molecule has 0 aromatic heterocycles. The van der Waals surface area contributed by atoms with Crippen molar-refractivity contribution in [1.82, 2.24) is 0 Å². The van der Waals surface area contributed by atoms with Crippen LogP contribution in [0.3, 0.4) is 0 Å². The lowest BCUT2D eigenvalue weighted by molar-refractivity contribution is 0.278. The van der Waals surface area contributed by atoms with Crippen molar-refractivity contribution in [2.24, 2.45) is 10.4 Å². The van der Waals surface area contributed by atoms with E-state index in [2.05, 4.69) is 45.5 Å². The molecule has 1 fully saturated rings. The van der Waals surface area contributed by atoms with Gasteiger partial charge in [0.1, 0.15) is 11.7 Å². The van der Waals surface area contributed by atoms with Crippen LogP contribution in [0.5, 0.6) is 0 Å². The number of halogens is 2. The second-order valence-electron chi connectivity index (χ2n) is 7.21. The first kappa shape index (κ1) is 16.8. The van der Waals surface area contributed by atoms with Gasteiger partial charge in [0.25, 0.3) is 0 Å². The number of hydrogen-bond donors (Lipinski definition) is 1. The molecule has 25 heavy (non-hydrogen) atoms. The van der Waals surface area contributed by atoms with Crippen LogP contribution < -0.4 is 5.32 Å². The van der Waals surface area contributed by atoms with Gasteiger partial charge in [0.15, 0.2) is 0 Å². The Morgan fingerprint density at radius 3 is 2.68 bits per heavy atom. The third-order valence-corrected chi connectivity index (χ3v) is 6.12. The third-order valence-electron chi connectivity index (χ3n) is 5.52. The van der Waals surface area contributed by atoms with E-state index < -0.39 is 0 Å². The quantitative estimate of drug-likeness (QED) is 0.646. The average Bonchev–Trinajstić information content (AvgIpc) is 2.63. The Labute approximate surface area is 156 Å². The smallest absolute Gasteiger partial charge is 0.137 e. The number of anilines is 1. The monoisotopic (exact) mass is 400 g/mol. The fourth-order valence-electron chi connectivity index (χ4n) is 4.16. The first-order valence-corrected chi connectivity index (χ1v) is 9.79. The predicted octanol–water partition coefficient (Wildman–Crippen LogP) is 6.11. The summed E-state index contributed by atoms with van der Waals surface area (Å²) in [5.74, 6) is 0.885. The summed E-state index contributed by atoms with van der Waals surface area (Å²) in [6, 6.07) is 13.7. The molecule has 0 unspecified atom stereocenters. The average molecular weight is 401 g/mol. The summed E-state index contributed by atoms with van der Waals surface area (Å²) in [5, 5.41) is 3.62. The van der Waals surface area contributed by atoms with Gasteiger partial charge in [-0.1, -0.05) is 43.5 Å². The molecule has 0 amide bonds. The first-order chi connectivity index (χ1) is 12.2. The standard InChI is InChI=1S/C21H22BrFN2/c22-17-12-15(8-9-18(17)23)14-24-20-21(10-4-1-5-11-21)13-16-6-2-3-7-19(16)25-20/h2-3,6-9,12H,1,4-5,10-11,13-14H2,(H,24,25). The van der Waals surface area contributed by atoms with Crippen molar-refractivity contribution in [3.05, 3.63) is 63.9 Å². The molecule has 1 N–H and O–H groups in total. The topological polar surface area (TPSA) is 24.4 Å². The minimum atomic E-state index is -0.232. The zero-order valence-corrected chi connectivity index (χ0v) is 15.8. The highest BCUT2D eigenvalue weighted by Gasteiger charge is 2.40. The van der Waals surface area contributed by atoms with Crippen LogP contribution >= 0.6 is 15.9 Å². The lowest BCUT2D eigenvalue weighted by Gasteiger charge is -2.42. The van der Waals surface area contributed by atoms with Crippen LogP contribution in [0.2, 0.25) is 0 Å². The number of fused-ring (bicyclic) bond motifs is 1. The van der Waals surface area contributed by atoms with Gasteiger partial charge in [-0.3, -0.25) is 4.99 Å². The van der Waals surface area contributed by atoms with E-state index in [4.69, 9.17) is 4.99 Å². The second kappa shape index (κ2) is 6.91. The molecule has 0 atom stereocenters. The van der Waals surface area contributed by atoms with Crippen LogP contribution in [-0.4, -0.2) is 5.84 Å². The van der Waals surface area contributed by atoms with Crippen molar-refractivity contribution in [2.75, 3.05) is 5.32 Å². The molecule has 2 aromatic rings. The number of benzene rings is 2. The van der Waals surface area contributed by atoms with E-state index in [0.717, 1.165) is 17.8 Å². The molecule has 4 rings (SSSR count). The van der Waals surface area contributed by atoms with Gasteiger partial charge in [0, 0.05) is 11.1 Å². The molecule has 1 spiro atoms. The van der Waals surface area contributed by atoms with Crippen molar-refractivity contribution in [2.45, 2.75) is 45.1 Å². The molecule has 1 aliphatic heterocycles. The highest BCUT2D eigenvalue weighted by atomic mass is 79.9. The van der Waals surface area contributed by atoms with Crippen LogP contribution in [0.25, 0.3) is 0 Å². The molecule has 1 aliphatic carbocycles. The van der Waals surface area contributed by atoms with E-state index in [9.17, 15) is 4.39 Å². The molecule has 0 radical (unpaired) electrons. The van der Waals surface area contributed by atoms with Crippen molar-refractivity contribution in [3.8, 4) is 0 Å². The summed E-state index contributed by atoms with van der Waals surface area (Å²) in [5.41, 5.74) is 3.74. The Balaban J connectivity index is 1.66. The largest absolute Gasteiger partial charge is 0.343 e. The van der Waals surface area contributed by atoms with Gasteiger partial charge in [0.2, 0.25) is 0 Å². The molecule has 1 heterocycles. The van der Waals surface area contributed by atoms with Crippen molar-refractivity contribution in [3.63, 3.8) is 0 Å². The fourth-order valence-corrected chi connectivity index (χ4v) is 4.59. The first-order valence-electron chi connectivity index (χ1n) is 9.00. The Bertz CT molecular complexity index is 809. The lowest BCUT2D eigenvalue weighted by Crippen LogP contribution is -2.43. The van der Waals surface area contributed by atoms with Crippen molar-refractivity contribution >= 4 is 27.5 Å². The maximum Gasteiger partial charge on any atom is 0.137 e. The number of nitrogens with zero attached hydrogens (tertiary/aromatic N) is 1. The predicted molar refractivity (Wildman–Crippen MR) is 105 cm³/mol.